The maximum atomic E-state index is 12.6. The Morgan fingerprint density at radius 2 is 1.96 bits per heavy atom. The number of rotatable bonds is 4. The van der Waals surface area contributed by atoms with Crippen molar-refractivity contribution in [2.24, 2.45) is 5.73 Å². The molecule has 0 radical (unpaired) electrons. The Morgan fingerprint density at radius 1 is 1.16 bits per heavy atom. The molecule has 0 aliphatic carbocycles. The summed E-state index contributed by atoms with van der Waals surface area (Å²) in [6, 6.07) is 14.9. The van der Waals surface area contributed by atoms with E-state index in [1.165, 1.54) is 0 Å². The second kappa shape index (κ2) is 6.33. The van der Waals surface area contributed by atoms with Crippen molar-refractivity contribution in [2.75, 3.05) is 0 Å². The van der Waals surface area contributed by atoms with Crippen molar-refractivity contribution < 1.29 is 14.5 Å². The minimum Gasteiger partial charge on any atom is -0.423 e. The van der Waals surface area contributed by atoms with Crippen LogP contribution in [0.1, 0.15) is 27.0 Å². The minimum absolute atomic E-state index is 0.0353. The van der Waals surface area contributed by atoms with Gasteiger partial charge in [-0.25, -0.2) is 0 Å². The molecule has 0 bridgehead atoms. The largest absolute Gasteiger partial charge is 0.491 e. The van der Waals surface area contributed by atoms with Crippen molar-refractivity contribution in [1.82, 2.24) is 4.57 Å². The van der Waals surface area contributed by atoms with Gasteiger partial charge >= 0.3 is 7.12 Å². The highest BCUT2D eigenvalue weighted by atomic mass is 16.5. The number of nitrogens with two attached hydrogens (primary N) is 1. The Labute approximate surface area is 145 Å². The summed E-state index contributed by atoms with van der Waals surface area (Å²) in [5.74, 6) is -0.0353. The van der Waals surface area contributed by atoms with Crippen molar-refractivity contribution in [3.63, 3.8) is 0 Å². The zero-order valence-electron chi connectivity index (χ0n) is 13.6. The molecule has 124 valence electrons. The summed E-state index contributed by atoms with van der Waals surface area (Å²) in [5, 5.41) is 9.84. The molecule has 0 amide bonds. The van der Waals surface area contributed by atoms with Gasteiger partial charge in [-0.05, 0) is 34.8 Å². The van der Waals surface area contributed by atoms with Gasteiger partial charge in [0.15, 0.2) is 5.78 Å². The molecule has 0 spiro atoms. The number of carbonyl (C=O) groups excluding carboxylic acids is 1. The Kier molecular flexibility index (Phi) is 4.01. The van der Waals surface area contributed by atoms with Gasteiger partial charge in [-0.1, -0.05) is 30.3 Å². The summed E-state index contributed by atoms with van der Waals surface area (Å²) in [6.45, 7) is 0.879. The number of fused-ring (bicyclic) bond motifs is 1. The van der Waals surface area contributed by atoms with Crippen LogP contribution >= 0.6 is 0 Å². The van der Waals surface area contributed by atoms with Crippen molar-refractivity contribution >= 4 is 18.4 Å². The van der Waals surface area contributed by atoms with E-state index >= 15 is 0 Å². The molecule has 4 rings (SSSR count). The number of ketones is 1. The maximum absolute atomic E-state index is 12.6. The van der Waals surface area contributed by atoms with Gasteiger partial charge in [-0.2, -0.15) is 0 Å². The van der Waals surface area contributed by atoms with Crippen LogP contribution in [-0.4, -0.2) is 22.5 Å². The number of hydrogen-bond acceptors (Lipinski definition) is 4. The number of hydrogen-bond donors (Lipinski definition) is 2. The van der Waals surface area contributed by atoms with Gasteiger partial charge in [0.25, 0.3) is 0 Å². The van der Waals surface area contributed by atoms with Crippen molar-refractivity contribution in [3.05, 3.63) is 83.2 Å². The van der Waals surface area contributed by atoms with Crippen LogP contribution in [-0.2, 0) is 17.8 Å². The lowest BCUT2D eigenvalue weighted by molar-refractivity contribution is 0.103. The summed E-state index contributed by atoms with van der Waals surface area (Å²) in [6.07, 6.45) is 3.63. The molecule has 0 unspecified atom stereocenters. The number of aromatic nitrogens is 1. The molecule has 3 aromatic rings. The monoisotopic (exact) mass is 332 g/mol. The molecule has 1 aromatic heterocycles. The van der Waals surface area contributed by atoms with Crippen LogP contribution in [0.5, 0.6) is 0 Å². The van der Waals surface area contributed by atoms with Gasteiger partial charge in [0.1, 0.15) is 0 Å². The second-order valence-electron chi connectivity index (χ2n) is 6.08. The Bertz CT molecular complexity index is 934. The van der Waals surface area contributed by atoms with Crippen LogP contribution in [0.3, 0.4) is 0 Å². The van der Waals surface area contributed by atoms with E-state index in [2.05, 4.69) is 0 Å². The first-order valence-electron chi connectivity index (χ1n) is 8.10. The lowest BCUT2D eigenvalue weighted by Gasteiger charge is -2.06. The second-order valence-corrected chi connectivity index (χ2v) is 6.08. The third kappa shape index (κ3) is 2.91. The Hall–Kier alpha value is -2.67. The van der Waals surface area contributed by atoms with Gasteiger partial charge in [0, 0.05) is 35.8 Å². The molecule has 0 fully saturated rings. The Morgan fingerprint density at radius 3 is 2.72 bits per heavy atom. The lowest BCUT2D eigenvalue weighted by atomic mass is 9.79. The molecule has 2 heterocycles. The van der Waals surface area contributed by atoms with Gasteiger partial charge in [0.05, 0.1) is 6.61 Å². The van der Waals surface area contributed by atoms with Crippen LogP contribution in [0.2, 0.25) is 0 Å². The van der Waals surface area contributed by atoms with Crippen molar-refractivity contribution in [1.29, 1.82) is 0 Å². The topological polar surface area (TPSA) is 77.5 Å². The van der Waals surface area contributed by atoms with Gasteiger partial charge in [-0.3, -0.25) is 4.79 Å². The van der Waals surface area contributed by atoms with Crippen molar-refractivity contribution in [2.45, 2.75) is 13.2 Å². The predicted molar refractivity (Wildman–Crippen MR) is 95.9 cm³/mol. The Balaban J connectivity index is 1.61. The average molecular weight is 332 g/mol. The van der Waals surface area contributed by atoms with Gasteiger partial charge in [0.2, 0.25) is 0 Å². The molecular formula is C19H17BN2O3. The van der Waals surface area contributed by atoms with Crippen molar-refractivity contribution in [3.8, 4) is 5.69 Å². The zero-order valence-corrected chi connectivity index (χ0v) is 13.6. The summed E-state index contributed by atoms with van der Waals surface area (Å²) in [5.41, 5.74) is 10.5. The molecule has 3 N–H and O–H groups in total. The van der Waals surface area contributed by atoms with Crippen LogP contribution in [0.25, 0.3) is 5.69 Å². The third-order valence-electron chi connectivity index (χ3n) is 4.50. The maximum Gasteiger partial charge on any atom is 0.491 e. The average Bonchev–Trinajstić information content (AvgIpc) is 3.28. The van der Waals surface area contributed by atoms with E-state index < -0.39 is 7.12 Å². The summed E-state index contributed by atoms with van der Waals surface area (Å²) < 4.78 is 7.09. The van der Waals surface area contributed by atoms with E-state index in [0.29, 0.717) is 24.3 Å². The standard InChI is InChI=1S/C19H17BN2O3/c21-10-13-1-3-14(4-2-13)19(23)15-7-8-22(11-15)17-6-5-16-12-25-20(24)18(16)9-17/h1-9,11,24H,10,12,21H2. The first kappa shape index (κ1) is 15.8. The zero-order chi connectivity index (χ0) is 17.4. The number of nitrogens with zero attached hydrogens (tertiary/aromatic N) is 1. The van der Waals surface area contributed by atoms with Crippen LogP contribution < -0.4 is 11.2 Å². The lowest BCUT2D eigenvalue weighted by Crippen LogP contribution is -2.28. The van der Waals surface area contributed by atoms with E-state index in [9.17, 15) is 9.82 Å². The molecule has 6 heteroatoms. The smallest absolute Gasteiger partial charge is 0.423 e. The molecule has 25 heavy (non-hydrogen) atoms. The fourth-order valence-electron chi connectivity index (χ4n) is 3.01. The number of carbonyl (C=O) groups is 1. The van der Waals surface area contributed by atoms with E-state index in [-0.39, 0.29) is 5.78 Å². The fourth-order valence-corrected chi connectivity index (χ4v) is 3.01. The summed E-state index contributed by atoms with van der Waals surface area (Å²) in [7, 11) is -0.882. The van der Waals surface area contributed by atoms with E-state index in [1.54, 1.807) is 24.4 Å². The number of benzene rings is 2. The van der Waals surface area contributed by atoms with E-state index in [0.717, 1.165) is 22.3 Å². The fraction of sp³-hybridized carbons (Fsp3) is 0.105. The molecule has 5 nitrogen and oxygen atoms in total. The highest BCUT2D eigenvalue weighted by Crippen LogP contribution is 2.17. The van der Waals surface area contributed by atoms with Crippen LogP contribution in [0, 0.1) is 0 Å². The molecular weight excluding hydrogens is 315 g/mol. The minimum atomic E-state index is -0.882. The van der Waals surface area contributed by atoms with Crippen LogP contribution in [0.4, 0.5) is 0 Å². The summed E-state index contributed by atoms with van der Waals surface area (Å²) >= 11 is 0. The molecule has 0 atom stereocenters. The van der Waals surface area contributed by atoms with E-state index in [1.807, 2.05) is 41.1 Å². The molecule has 1 aliphatic heterocycles. The SMILES string of the molecule is NCc1ccc(C(=O)c2ccn(-c3ccc4c(c3)B(O)OC4)c2)cc1. The summed E-state index contributed by atoms with van der Waals surface area (Å²) in [4.78, 5) is 12.6. The predicted octanol–water partition coefficient (Wildman–Crippen LogP) is 1.38. The molecule has 0 saturated carbocycles. The first-order chi connectivity index (χ1) is 12.2. The molecule has 1 aliphatic rings. The third-order valence-corrected chi connectivity index (χ3v) is 4.50. The highest BCUT2D eigenvalue weighted by molar-refractivity contribution is 6.61. The van der Waals surface area contributed by atoms with Gasteiger partial charge < -0.3 is 20.0 Å². The quantitative estimate of drug-likeness (QED) is 0.559. The normalized spacial score (nSPS) is 13.1. The highest BCUT2D eigenvalue weighted by Gasteiger charge is 2.27. The molecule has 2 aromatic carbocycles. The van der Waals surface area contributed by atoms with E-state index in [4.69, 9.17) is 10.4 Å². The first-order valence-corrected chi connectivity index (χ1v) is 8.10. The van der Waals surface area contributed by atoms with Gasteiger partial charge in [-0.15, -0.1) is 0 Å². The molecule has 0 saturated heterocycles. The van der Waals surface area contributed by atoms with Crippen LogP contribution in [0.15, 0.2) is 60.9 Å².